The number of likely N-dealkylation sites (tertiary alicyclic amines) is 1. The van der Waals surface area contributed by atoms with Crippen LogP contribution in [-0.2, 0) is 4.79 Å². The lowest BCUT2D eigenvalue weighted by Crippen LogP contribution is -2.42. The molecule has 0 bridgehead atoms. The number of amides is 1. The highest BCUT2D eigenvalue weighted by molar-refractivity contribution is 5.79. The van der Waals surface area contributed by atoms with Crippen molar-refractivity contribution >= 4 is 5.91 Å². The van der Waals surface area contributed by atoms with Crippen molar-refractivity contribution in [1.82, 2.24) is 4.90 Å². The van der Waals surface area contributed by atoms with Crippen molar-refractivity contribution in [3.05, 3.63) is 30.3 Å². The molecule has 1 aromatic carbocycles. The van der Waals surface area contributed by atoms with Gasteiger partial charge < -0.3 is 14.7 Å². The largest absolute Gasteiger partial charge is 0.491 e. The van der Waals surface area contributed by atoms with E-state index in [1.54, 1.807) is 0 Å². The van der Waals surface area contributed by atoms with Crippen LogP contribution in [0.25, 0.3) is 0 Å². The van der Waals surface area contributed by atoms with Gasteiger partial charge in [-0.05, 0) is 31.4 Å². The Hall–Kier alpha value is -1.55. The molecule has 21 heavy (non-hydrogen) atoms. The highest BCUT2D eigenvalue weighted by atomic mass is 16.5. The summed E-state index contributed by atoms with van der Waals surface area (Å²) in [6.45, 7) is 1.28. The van der Waals surface area contributed by atoms with Gasteiger partial charge in [0.1, 0.15) is 18.0 Å². The smallest absolute Gasteiger partial charge is 0.225 e. The molecule has 1 aromatic rings. The van der Waals surface area contributed by atoms with Gasteiger partial charge in [0, 0.05) is 12.5 Å². The number of β-amino-alcohol motifs (C(OH)–C–C–N with tert-alkyl or cyclic N) is 1. The van der Waals surface area contributed by atoms with Crippen LogP contribution >= 0.6 is 0 Å². The van der Waals surface area contributed by atoms with Crippen molar-refractivity contribution in [3.63, 3.8) is 0 Å². The summed E-state index contributed by atoms with van der Waals surface area (Å²) in [4.78, 5) is 14.2. The lowest BCUT2D eigenvalue weighted by Gasteiger charge is -2.25. The molecule has 2 aliphatic rings. The Morgan fingerprint density at radius 1 is 1.29 bits per heavy atom. The van der Waals surface area contributed by atoms with Crippen LogP contribution in [0.1, 0.15) is 32.1 Å². The first-order chi connectivity index (χ1) is 10.2. The SMILES string of the molecule is O=C(C1CCCC1)N1CC[C@](O)(COc2ccccc2)C1. The quantitative estimate of drug-likeness (QED) is 0.924. The number of carbonyl (C=O) groups excluding carboxylic acids is 1. The van der Waals surface area contributed by atoms with Crippen LogP contribution in [0.3, 0.4) is 0 Å². The summed E-state index contributed by atoms with van der Waals surface area (Å²) >= 11 is 0. The van der Waals surface area contributed by atoms with Gasteiger partial charge in [0.2, 0.25) is 5.91 Å². The van der Waals surface area contributed by atoms with Gasteiger partial charge in [-0.25, -0.2) is 0 Å². The van der Waals surface area contributed by atoms with Crippen LogP contribution in [0, 0.1) is 5.92 Å². The summed E-state index contributed by atoms with van der Waals surface area (Å²) in [6.07, 6.45) is 4.93. The average molecular weight is 289 g/mol. The normalized spacial score (nSPS) is 26.2. The van der Waals surface area contributed by atoms with Crippen LogP contribution in [0.2, 0.25) is 0 Å². The molecule has 0 unspecified atom stereocenters. The van der Waals surface area contributed by atoms with E-state index in [4.69, 9.17) is 4.74 Å². The summed E-state index contributed by atoms with van der Waals surface area (Å²) in [5.74, 6) is 1.16. The summed E-state index contributed by atoms with van der Waals surface area (Å²) < 4.78 is 5.66. The molecule has 114 valence electrons. The van der Waals surface area contributed by atoms with Gasteiger partial charge in [-0.2, -0.15) is 0 Å². The zero-order valence-electron chi connectivity index (χ0n) is 12.3. The van der Waals surface area contributed by atoms with E-state index in [9.17, 15) is 9.90 Å². The van der Waals surface area contributed by atoms with Gasteiger partial charge in [-0.1, -0.05) is 31.0 Å². The fourth-order valence-electron chi connectivity index (χ4n) is 3.33. The average Bonchev–Trinajstić information content (AvgIpc) is 3.16. The van der Waals surface area contributed by atoms with Crippen LogP contribution < -0.4 is 4.74 Å². The van der Waals surface area contributed by atoms with Crippen LogP contribution in [-0.4, -0.2) is 41.2 Å². The Balaban J connectivity index is 1.53. The van der Waals surface area contributed by atoms with Crippen molar-refractivity contribution < 1.29 is 14.6 Å². The number of ether oxygens (including phenoxy) is 1. The second-order valence-corrected chi connectivity index (χ2v) is 6.32. The maximum atomic E-state index is 12.4. The molecular formula is C17H23NO3. The van der Waals surface area contributed by atoms with Crippen molar-refractivity contribution in [3.8, 4) is 5.75 Å². The number of aliphatic hydroxyl groups is 1. The number of rotatable bonds is 4. The monoisotopic (exact) mass is 289 g/mol. The highest BCUT2D eigenvalue weighted by Crippen LogP contribution is 2.30. The number of hydrogen-bond donors (Lipinski definition) is 1. The van der Waals surface area contributed by atoms with Gasteiger partial charge in [-0.3, -0.25) is 4.79 Å². The lowest BCUT2D eigenvalue weighted by atomic mass is 10.0. The van der Waals surface area contributed by atoms with Gasteiger partial charge in [0.05, 0.1) is 6.54 Å². The molecule has 0 aromatic heterocycles. The molecule has 1 aliphatic carbocycles. The Labute approximate surface area is 125 Å². The van der Waals surface area contributed by atoms with Crippen molar-refractivity contribution in [1.29, 1.82) is 0 Å². The van der Waals surface area contributed by atoms with Crippen molar-refractivity contribution in [2.24, 2.45) is 5.92 Å². The van der Waals surface area contributed by atoms with E-state index in [1.807, 2.05) is 35.2 Å². The molecule has 4 nitrogen and oxygen atoms in total. The van der Waals surface area contributed by atoms with E-state index >= 15 is 0 Å². The summed E-state index contributed by atoms with van der Waals surface area (Å²) in [6, 6.07) is 9.49. The molecule has 1 amide bonds. The Morgan fingerprint density at radius 2 is 2.00 bits per heavy atom. The predicted octanol–water partition coefficient (Wildman–Crippen LogP) is 2.22. The van der Waals surface area contributed by atoms with E-state index in [0.717, 1.165) is 31.4 Å². The number of hydrogen-bond acceptors (Lipinski definition) is 3. The predicted molar refractivity (Wildman–Crippen MR) is 80.0 cm³/mol. The number of carbonyl (C=O) groups is 1. The van der Waals surface area contributed by atoms with Gasteiger partial charge >= 0.3 is 0 Å². The van der Waals surface area contributed by atoms with Gasteiger partial charge in [-0.15, -0.1) is 0 Å². The topological polar surface area (TPSA) is 49.8 Å². The third-order valence-electron chi connectivity index (χ3n) is 4.60. The van der Waals surface area contributed by atoms with Crippen molar-refractivity contribution in [2.75, 3.05) is 19.7 Å². The number of benzene rings is 1. The molecule has 1 heterocycles. The third kappa shape index (κ3) is 3.38. The molecular weight excluding hydrogens is 266 g/mol. The summed E-state index contributed by atoms with van der Waals surface area (Å²) in [5, 5.41) is 10.6. The molecule has 3 rings (SSSR count). The molecule has 1 aliphatic heterocycles. The first kappa shape index (κ1) is 14.4. The minimum Gasteiger partial charge on any atom is -0.491 e. The van der Waals surface area contributed by atoms with E-state index < -0.39 is 5.60 Å². The van der Waals surface area contributed by atoms with Gasteiger partial charge in [0.15, 0.2) is 0 Å². The minimum absolute atomic E-state index is 0.183. The molecule has 0 spiro atoms. The first-order valence-electron chi connectivity index (χ1n) is 7.85. The fourth-order valence-corrected chi connectivity index (χ4v) is 3.33. The molecule has 1 saturated carbocycles. The summed E-state index contributed by atoms with van der Waals surface area (Å²) in [7, 11) is 0. The second kappa shape index (κ2) is 6.06. The van der Waals surface area contributed by atoms with E-state index in [-0.39, 0.29) is 18.4 Å². The molecule has 4 heteroatoms. The van der Waals surface area contributed by atoms with Crippen LogP contribution in [0.5, 0.6) is 5.75 Å². The van der Waals surface area contributed by atoms with E-state index in [0.29, 0.717) is 19.5 Å². The van der Waals surface area contributed by atoms with Gasteiger partial charge in [0.25, 0.3) is 0 Å². The van der Waals surface area contributed by atoms with E-state index in [2.05, 4.69) is 0 Å². The Bertz CT molecular complexity index is 484. The Morgan fingerprint density at radius 3 is 2.71 bits per heavy atom. The zero-order chi connectivity index (χ0) is 14.7. The number of para-hydroxylation sites is 1. The minimum atomic E-state index is -0.913. The number of nitrogens with zero attached hydrogens (tertiary/aromatic N) is 1. The first-order valence-corrected chi connectivity index (χ1v) is 7.85. The summed E-state index contributed by atoms with van der Waals surface area (Å²) in [5.41, 5.74) is -0.913. The molecule has 1 saturated heterocycles. The fraction of sp³-hybridized carbons (Fsp3) is 0.588. The van der Waals surface area contributed by atoms with E-state index in [1.165, 1.54) is 0 Å². The third-order valence-corrected chi connectivity index (χ3v) is 4.60. The molecule has 1 N–H and O–H groups in total. The maximum Gasteiger partial charge on any atom is 0.225 e. The second-order valence-electron chi connectivity index (χ2n) is 6.32. The van der Waals surface area contributed by atoms with Crippen LogP contribution in [0.4, 0.5) is 0 Å². The van der Waals surface area contributed by atoms with Crippen LogP contribution in [0.15, 0.2) is 30.3 Å². The highest BCUT2D eigenvalue weighted by Gasteiger charge is 2.40. The lowest BCUT2D eigenvalue weighted by molar-refractivity contribution is -0.135. The standard InChI is InChI=1S/C17H23NO3/c19-16(14-6-4-5-7-14)18-11-10-17(20,12-18)13-21-15-8-2-1-3-9-15/h1-3,8-9,14,20H,4-7,10-13H2/t17-/m1/s1. The molecule has 0 radical (unpaired) electrons. The zero-order valence-corrected chi connectivity index (χ0v) is 12.3. The van der Waals surface area contributed by atoms with Crippen molar-refractivity contribution in [2.45, 2.75) is 37.7 Å². The Kier molecular flexibility index (Phi) is 4.15. The maximum absolute atomic E-state index is 12.4. The molecule has 1 atom stereocenters. The molecule has 2 fully saturated rings.